The number of hydrogen-bond acceptors (Lipinski definition) is 5. The van der Waals surface area contributed by atoms with Crippen LogP contribution >= 0.6 is 15.9 Å². The molecule has 0 saturated carbocycles. The largest absolute Gasteiger partial charge is 0.393 e. The minimum absolute atomic E-state index is 0.611. The first-order valence-electron chi connectivity index (χ1n) is 7.51. The minimum Gasteiger partial charge on any atom is -0.393 e. The quantitative estimate of drug-likeness (QED) is 0.869. The SMILES string of the molecule is CC1CCN(c2ncnc(Nc3ccc(Br)cc3)c2N)CC1. The van der Waals surface area contributed by atoms with Crippen molar-refractivity contribution in [3.05, 3.63) is 35.1 Å². The van der Waals surface area contributed by atoms with E-state index in [9.17, 15) is 0 Å². The second-order valence-corrected chi connectivity index (χ2v) is 6.68. The third kappa shape index (κ3) is 3.32. The van der Waals surface area contributed by atoms with Crippen LogP contribution in [0.2, 0.25) is 0 Å². The van der Waals surface area contributed by atoms with Crippen molar-refractivity contribution in [2.75, 3.05) is 29.0 Å². The van der Waals surface area contributed by atoms with Gasteiger partial charge in [-0.3, -0.25) is 0 Å². The Morgan fingerprint density at radius 2 is 1.86 bits per heavy atom. The summed E-state index contributed by atoms with van der Waals surface area (Å²) in [5, 5.41) is 3.26. The molecule has 0 radical (unpaired) electrons. The number of hydrogen-bond donors (Lipinski definition) is 2. The molecule has 22 heavy (non-hydrogen) atoms. The highest BCUT2D eigenvalue weighted by Crippen LogP contribution is 2.31. The summed E-state index contributed by atoms with van der Waals surface area (Å²) in [6.45, 7) is 4.29. The fourth-order valence-corrected chi connectivity index (χ4v) is 2.89. The van der Waals surface area contributed by atoms with Gasteiger partial charge in [0.1, 0.15) is 12.0 Å². The van der Waals surface area contributed by atoms with Crippen LogP contribution in [0.1, 0.15) is 19.8 Å². The zero-order valence-corrected chi connectivity index (χ0v) is 14.2. The normalized spacial score (nSPS) is 15.8. The molecule has 3 N–H and O–H groups in total. The lowest BCUT2D eigenvalue weighted by molar-refractivity contribution is 0.437. The molecule has 1 aromatic carbocycles. The first kappa shape index (κ1) is 15.1. The lowest BCUT2D eigenvalue weighted by atomic mass is 9.99. The van der Waals surface area contributed by atoms with Crippen molar-refractivity contribution in [2.24, 2.45) is 5.92 Å². The zero-order chi connectivity index (χ0) is 15.5. The van der Waals surface area contributed by atoms with E-state index in [-0.39, 0.29) is 0 Å². The molecular weight excluding hydrogens is 342 g/mol. The van der Waals surface area contributed by atoms with Gasteiger partial charge < -0.3 is 16.0 Å². The molecule has 1 fully saturated rings. The summed E-state index contributed by atoms with van der Waals surface area (Å²) in [7, 11) is 0. The minimum atomic E-state index is 0.611. The second-order valence-electron chi connectivity index (χ2n) is 5.76. The van der Waals surface area contributed by atoms with Gasteiger partial charge in [-0.05, 0) is 43.0 Å². The maximum Gasteiger partial charge on any atom is 0.159 e. The molecule has 116 valence electrons. The van der Waals surface area contributed by atoms with Crippen molar-refractivity contribution >= 4 is 38.9 Å². The zero-order valence-electron chi connectivity index (χ0n) is 12.6. The van der Waals surface area contributed by atoms with E-state index in [1.54, 1.807) is 6.33 Å². The topological polar surface area (TPSA) is 67.1 Å². The number of piperidine rings is 1. The average Bonchev–Trinajstić information content (AvgIpc) is 2.53. The van der Waals surface area contributed by atoms with E-state index in [4.69, 9.17) is 5.73 Å². The monoisotopic (exact) mass is 361 g/mol. The van der Waals surface area contributed by atoms with Gasteiger partial charge in [-0.25, -0.2) is 9.97 Å². The van der Waals surface area contributed by atoms with Crippen LogP contribution in [0.25, 0.3) is 0 Å². The summed E-state index contributed by atoms with van der Waals surface area (Å²) in [5.74, 6) is 2.27. The molecule has 3 rings (SSSR count). The lowest BCUT2D eigenvalue weighted by Crippen LogP contribution is -2.34. The summed E-state index contributed by atoms with van der Waals surface area (Å²) >= 11 is 3.43. The maximum atomic E-state index is 6.29. The van der Waals surface area contributed by atoms with Crippen molar-refractivity contribution in [2.45, 2.75) is 19.8 Å². The van der Waals surface area contributed by atoms with Gasteiger partial charge >= 0.3 is 0 Å². The predicted octanol–water partition coefficient (Wildman–Crippen LogP) is 3.80. The molecule has 0 aliphatic carbocycles. The van der Waals surface area contributed by atoms with Crippen molar-refractivity contribution in [1.29, 1.82) is 0 Å². The van der Waals surface area contributed by atoms with E-state index < -0.39 is 0 Å². The highest BCUT2D eigenvalue weighted by atomic mass is 79.9. The number of aromatic nitrogens is 2. The number of nitrogens with one attached hydrogen (secondary N) is 1. The molecule has 0 spiro atoms. The molecule has 1 saturated heterocycles. The Bertz CT molecular complexity index is 635. The first-order valence-corrected chi connectivity index (χ1v) is 8.31. The van der Waals surface area contributed by atoms with Crippen LogP contribution < -0.4 is 16.0 Å². The van der Waals surface area contributed by atoms with Crippen LogP contribution in [0.5, 0.6) is 0 Å². The Morgan fingerprint density at radius 3 is 2.55 bits per heavy atom. The molecule has 6 heteroatoms. The van der Waals surface area contributed by atoms with Crippen LogP contribution in [0.3, 0.4) is 0 Å². The Labute approximate surface area is 139 Å². The fourth-order valence-electron chi connectivity index (χ4n) is 2.63. The molecule has 0 amide bonds. The molecule has 0 unspecified atom stereocenters. The summed E-state index contributed by atoms with van der Waals surface area (Å²) in [4.78, 5) is 10.9. The van der Waals surface area contributed by atoms with E-state index in [1.165, 1.54) is 12.8 Å². The van der Waals surface area contributed by atoms with Gasteiger partial charge in [0.05, 0.1) is 0 Å². The average molecular weight is 362 g/mol. The first-order chi connectivity index (χ1) is 10.6. The van der Waals surface area contributed by atoms with Gasteiger partial charge in [0.2, 0.25) is 0 Å². The van der Waals surface area contributed by atoms with Crippen LogP contribution in [0, 0.1) is 5.92 Å². The van der Waals surface area contributed by atoms with Crippen molar-refractivity contribution in [3.63, 3.8) is 0 Å². The molecule has 0 bridgehead atoms. The third-order valence-electron chi connectivity index (χ3n) is 4.05. The van der Waals surface area contributed by atoms with Crippen LogP contribution in [0.4, 0.5) is 23.0 Å². The summed E-state index contributed by atoms with van der Waals surface area (Å²) < 4.78 is 1.04. The van der Waals surface area contributed by atoms with Gasteiger partial charge in [-0.1, -0.05) is 22.9 Å². The molecule has 1 aromatic heterocycles. The number of anilines is 4. The smallest absolute Gasteiger partial charge is 0.159 e. The number of nitrogens with two attached hydrogens (primary N) is 1. The Kier molecular flexibility index (Phi) is 4.47. The number of benzene rings is 1. The van der Waals surface area contributed by atoms with Crippen molar-refractivity contribution in [1.82, 2.24) is 9.97 Å². The van der Waals surface area contributed by atoms with Crippen LogP contribution in [-0.4, -0.2) is 23.1 Å². The molecule has 0 atom stereocenters. The van der Waals surface area contributed by atoms with Gasteiger partial charge in [-0.2, -0.15) is 0 Å². The Balaban J connectivity index is 1.81. The standard InChI is InChI=1S/C16H20BrN5/c1-11-6-8-22(9-7-11)16-14(18)15(19-10-20-16)21-13-4-2-12(17)3-5-13/h2-5,10-11H,6-9,18H2,1H3,(H,19,20,21). The predicted molar refractivity (Wildman–Crippen MR) is 94.5 cm³/mol. The van der Waals surface area contributed by atoms with E-state index in [0.29, 0.717) is 11.5 Å². The number of rotatable bonds is 3. The number of halogens is 1. The van der Waals surface area contributed by atoms with Crippen molar-refractivity contribution in [3.8, 4) is 0 Å². The molecule has 2 aromatic rings. The highest BCUT2D eigenvalue weighted by Gasteiger charge is 2.20. The van der Waals surface area contributed by atoms with E-state index in [1.807, 2.05) is 24.3 Å². The van der Waals surface area contributed by atoms with E-state index in [0.717, 1.165) is 35.0 Å². The van der Waals surface area contributed by atoms with Gasteiger partial charge in [0.25, 0.3) is 0 Å². The molecule has 1 aliphatic rings. The Hall–Kier alpha value is -1.82. The summed E-state index contributed by atoms with van der Waals surface area (Å²) in [6.07, 6.45) is 3.93. The van der Waals surface area contributed by atoms with Gasteiger partial charge in [0, 0.05) is 23.2 Å². The van der Waals surface area contributed by atoms with Crippen LogP contribution in [-0.2, 0) is 0 Å². The second kappa shape index (κ2) is 6.52. The Morgan fingerprint density at radius 1 is 1.18 bits per heavy atom. The molecule has 1 aliphatic heterocycles. The van der Waals surface area contributed by atoms with Crippen LogP contribution in [0.15, 0.2) is 35.1 Å². The molecular formula is C16H20BrN5. The van der Waals surface area contributed by atoms with Gasteiger partial charge in [0.15, 0.2) is 11.6 Å². The van der Waals surface area contributed by atoms with Crippen molar-refractivity contribution < 1.29 is 0 Å². The van der Waals surface area contributed by atoms with E-state index >= 15 is 0 Å². The number of nitrogens with zero attached hydrogens (tertiary/aromatic N) is 3. The van der Waals surface area contributed by atoms with Gasteiger partial charge in [-0.15, -0.1) is 0 Å². The maximum absolute atomic E-state index is 6.29. The fraction of sp³-hybridized carbons (Fsp3) is 0.375. The molecule has 2 heterocycles. The molecule has 5 nitrogen and oxygen atoms in total. The summed E-state index contributed by atoms with van der Waals surface area (Å²) in [5.41, 5.74) is 7.85. The summed E-state index contributed by atoms with van der Waals surface area (Å²) in [6, 6.07) is 7.92. The third-order valence-corrected chi connectivity index (χ3v) is 4.58. The highest BCUT2D eigenvalue weighted by molar-refractivity contribution is 9.10. The lowest BCUT2D eigenvalue weighted by Gasteiger charge is -2.32. The number of nitrogen functional groups attached to an aromatic ring is 1. The van der Waals surface area contributed by atoms with E-state index in [2.05, 4.69) is 43.0 Å².